The number of carbonyl (C=O) groups is 1. The summed E-state index contributed by atoms with van der Waals surface area (Å²) in [6.45, 7) is 6.29. The minimum atomic E-state index is 0.848. The number of carbonyl (C=O) groups excluding carboxylic acids is 1. The average Bonchev–Trinajstić information content (AvgIpc) is 2.55. The second-order valence-electron chi connectivity index (χ2n) is 4.80. The van der Waals surface area contributed by atoms with Crippen LogP contribution in [0.3, 0.4) is 0 Å². The Kier molecular flexibility index (Phi) is 5.33. The molecule has 0 saturated heterocycles. The quantitative estimate of drug-likeness (QED) is 0.584. The summed E-state index contributed by atoms with van der Waals surface area (Å²) in [4.78, 5) is 13.2. The van der Waals surface area contributed by atoms with Gasteiger partial charge in [0, 0.05) is 18.8 Å². The summed E-state index contributed by atoms with van der Waals surface area (Å²) in [5.74, 6) is 0. The summed E-state index contributed by atoms with van der Waals surface area (Å²) >= 11 is 0. The van der Waals surface area contributed by atoms with Crippen LogP contribution in [0.1, 0.15) is 25.0 Å². The van der Waals surface area contributed by atoms with Gasteiger partial charge in [0.25, 0.3) is 0 Å². The largest absolute Gasteiger partial charge is 0.372 e. The van der Waals surface area contributed by atoms with Gasteiger partial charge in [0.15, 0.2) is 0 Å². The van der Waals surface area contributed by atoms with Crippen LogP contribution in [0, 0.1) is 0 Å². The molecule has 21 heavy (non-hydrogen) atoms. The number of hydrogen-bond acceptors (Lipinski definition) is 2. The van der Waals surface area contributed by atoms with Gasteiger partial charge in [-0.25, -0.2) is 0 Å². The number of anilines is 1. The molecular formula is C19H21NO. The van der Waals surface area contributed by atoms with E-state index in [4.69, 9.17) is 0 Å². The monoisotopic (exact) mass is 279 g/mol. The second kappa shape index (κ2) is 7.44. The molecule has 2 rings (SSSR count). The molecule has 0 aliphatic heterocycles. The smallest absolute Gasteiger partial charge is 0.143 e. The molecule has 2 aromatic carbocycles. The predicted octanol–water partition coefficient (Wildman–Crippen LogP) is 4.16. The first-order valence-corrected chi connectivity index (χ1v) is 7.36. The van der Waals surface area contributed by atoms with Gasteiger partial charge in [-0.1, -0.05) is 42.5 Å². The zero-order valence-corrected chi connectivity index (χ0v) is 12.6. The van der Waals surface area contributed by atoms with Crippen LogP contribution in [0.2, 0.25) is 0 Å². The van der Waals surface area contributed by atoms with Gasteiger partial charge in [-0.3, -0.25) is 4.79 Å². The summed E-state index contributed by atoms with van der Waals surface area (Å²) in [5.41, 5.74) is 4.28. The Morgan fingerprint density at radius 3 is 2.00 bits per heavy atom. The highest BCUT2D eigenvalue weighted by Gasteiger charge is 2.06. The normalized spacial score (nSPS) is 11.2. The molecule has 2 aromatic rings. The standard InChI is InChI=1S/C19H21NO/c1-3-20(4-2)18-12-10-17(11-13-18)19(14-15-21)16-8-6-5-7-9-16/h5-15H,3-4H2,1-2H3. The van der Waals surface area contributed by atoms with Gasteiger partial charge in [-0.15, -0.1) is 0 Å². The van der Waals surface area contributed by atoms with Crippen LogP contribution < -0.4 is 4.90 Å². The first-order chi connectivity index (χ1) is 10.3. The Morgan fingerprint density at radius 2 is 1.48 bits per heavy atom. The van der Waals surface area contributed by atoms with E-state index >= 15 is 0 Å². The third kappa shape index (κ3) is 3.60. The topological polar surface area (TPSA) is 20.3 Å². The molecule has 0 aliphatic carbocycles. The first-order valence-electron chi connectivity index (χ1n) is 7.36. The van der Waals surface area contributed by atoms with E-state index in [1.54, 1.807) is 6.08 Å². The van der Waals surface area contributed by atoms with E-state index < -0.39 is 0 Å². The molecule has 0 bridgehead atoms. The van der Waals surface area contributed by atoms with Crippen LogP contribution in [0.5, 0.6) is 0 Å². The molecule has 0 fully saturated rings. The highest BCUT2D eigenvalue weighted by molar-refractivity contribution is 5.89. The molecule has 2 nitrogen and oxygen atoms in total. The number of rotatable bonds is 6. The molecule has 0 saturated carbocycles. The Balaban J connectivity index is 2.35. The van der Waals surface area contributed by atoms with Gasteiger partial charge >= 0.3 is 0 Å². The minimum Gasteiger partial charge on any atom is -0.372 e. The van der Waals surface area contributed by atoms with Gasteiger partial charge in [-0.2, -0.15) is 0 Å². The molecule has 0 radical (unpaired) electrons. The summed E-state index contributed by atoms with van der Waals surface area (Å²) in [6.07, 6.45) is 2.47. The molecule has 2 heteroatoms. The highest BCUT2D eigenvalue weighted by Crippen LogP contribution is 2.25. The van der Waals surface area contributed by atoms with Crippen molar-refractivity contribution in [3.63, 3.8) is 0 Å². The van der Waals surface area contributed by atoms with Crippen molar-refractivity contribution < 1.29 is 4.79 Å². The lowest BCUT2D eigenvalue weighted by Crippen LogP contribution is -2.21. The molecule has 0 aromatic heterocycles. The van der Waals surface area contributed by atoms with E-state index in [1.165, 1.54) is 5.69 Å². The zero-order chi connectivity index (χ0) is 15.1. The van der Waals surface area contributed by atoms with Crippen LogP contribution in [0.25, 0.3) is 5.57 Å². The van der Waals surface area contributed by atoms with Crippen LogP contribution in [0.4, 0.5) is 5.69 Å². The number of hydrogen-bond donors (Lipinski definition) is 0. The molecule has 108 valence electrons. The van der Waals surface area contributed by atoms with Gasteiger partial charge in [0.2, 0.25) is 0 Å². The predicted molar refractivity (Wildman–Crippen MR) is 89.6 cm³/mol. The van der Waals surface area contributed by atoms with Crippen molar-refractivity contribution >= 4 is 17.5 Å². The van der Waals surface area contributed by atoms with Gasteiger partial charge in [0.05, 0.1) is 0 Å². The van der Waals surface area contributed by atoms with E-state index in [-0.39, 0.29) is 0 Å². The maximum Gasteiger partial charge on any atom is 0.143 e. The van der Waals surface area contributed by atoms with Gasteiger partial charge < -0.3 is 4.90 Å². The van der Waals surface area contributed by atoms with Crippen molar-refractivity contribution in [2.45, 2.75) is 13.8 Å². The first kappa shape index (κ1) is 15.0. The molecule has 0 N–H and O–H groups in total. The third-order valence-electron chi connectivity index (χ3n) is 3.63. The Labute approximate surface area is 126 Å². The molecular weight excluding hydrogens is 258 g/mol. The summed E-state index contributed by atoms with van der Waals surface area (Å²) in [6, 6.07) is 18.4. The van der Waals surface area contributed by atoms with Crippen molar-refractivity contribution in [2.75, 3.05) is 18.0 Å². The fourth-order valence-electron chi connectivity index (χ4n) is 2.49. The van der Waals surface area contributed by atoms with Crippen LogP contribution in [0.15, 0.2) is 60.7 Å². The SMILES string of the molecule is CCN(CC)c1ccc(C(=CC=O)c2ccccc2)cc1. The minimum absolute atomic E-state index is 0.848. The Morgan fingerprint density at radius 1 is 0.905 bits per heavy atom. The number of nitrogens with zero attached hydrogens (tertiary/aromatic N) is 1. The van der Waals surface area contributed by atoms with Crippen LogP contribution in [-0.2, 0) is 4.79 Å². The average molecular weight is 279 g/mol. The van der Waals surface area contributed by atoms with E-state index in [0.717, 1.165) is 36.1 Å². The molecule has 0 aliphatic rings. The summed E-state index contributed by atoms with van der Waals surface area (Å²) in [7, 11) is 0. The number of allylic oxidation sites excluding steroid dienone is 1. The zero-order valence-electron chi connectivity index (χ0n) is 12.6. The molecule has 0 amide bonds. The Hall–Kier alpha value is -2.35. The van der Waals surface area contributed by atoms with E-state index in [0.29, 0.717) is 0 Å². The molecule has 0 unspecified atom stereocenters. The fraction of sp³-hybridized carbons (Fsp3) is 0.211. The lowest BCUT2D eigenvalue weighted by atomic mass is 9.97. The maximum absolute atomic E-state index is 10.9. The maximum atomic E-state index is 10.9. The van der Waals surface area contributed by atoms with Crippen LogP contribution in [-0.4, -0.2) is 19.4 Å². The van der Waals surface area contributed by atoms with Crippen molar-refractivity contribution in [1.82, 2.24) is 0 Å². The second-order valence-corrected chi connectivity index (χ2v) is 4.80. The van der Waals surface area contributed by atoms with E-state index in [2.05, 4.69) is 43.0 Å². The lowest BCUT2D eigenvalue weighted by molar-refractivity contribution is -0.104. The van der Waals surface area contributed by atoms with Crippen molar-refractivity contribution in [2.24, 2.45) is 0 Å². The van der Waals surface area contributed by atoms with E-state index in [9.17, 15) is 4.79 Å². The number of aldehydes is 1. The third-order valence-corrected chi connectivity index (χ3v) is 3.63. The van der Waals surface area contributed by atoms with Crippen molar-refractivity contribution in [1.29, 1.82) is 0 Å². The lowest BCUT2D eigenvalue weighted by Gasteiger charge is -2.21. The van der Waals surface area contributed by atoms with Crippen LogP contribution >= 0.6 is 0 Å². The summed E-state index contributed by atoms with van der Waals surface area (Å²) in [5, 5.41) is 0. The molecule has 0 spiro atoms. The van der Waals surface area contributed by atoms with Crippen molar-refractivity contribution in [3.05, 3.63) is 71.8 Å². The molecule has 0 atom stereocenters. The van der Waals surface area contributed by atoms with Crippen molar-refractivity contribution in [3.8, 4) is 0 Å². The fourth-order valence-corrected chi connectivity index (χ4v) is 2.49. The van der Waals surface area contributed by atoms with E-state index in [1.807, 2.05) is 30.3 Å². The number of benzene rings is 2. The van der Waals surface area contributed by atoms with Gasteiger partial charge in [0.1, 0.15) is 6.29 Å². The summed E-state index contributed by atoms with van der Waals surface area (Å²) < 4.78 is 0. The Bertz CT molecular complexity index is 595. The van der Waals surface area contributed by atoms with Gasteiger partial charge in [-0.05, 0) is 48.8 Å². The highest BCUT2D eigenvalue weighted by atomic mass is 16.1. The molecule has 0 heterocycles.